The number of benzene rings is 3. The zero-order chi connectivity index (χ0) is 23.5. The molecule has 1 atom stereocenters. The average Bonchev–Trinajstić information content (AvgIpc) is 2.81. The molecule has 0 radical (unpaired) electrons. The van der Waals surface area contributed by atoms with Crippen LogP contribution in [0.15, 0.2) is 66.7 Å². The van der Waals surface area contributed by atoms with E-state index in [1.54, 1.807) is 12.1 Å². The highest BCUT2D eigenvalue weighted by molar-refractivity contribution is 5.60. The van der Waals surface area contributed by atoms with Crippen LogP contribution in [0.2, 0.25) is 0 Å². The van der Waals surface area contributed by atoms with Crippen LogP contribution in [0.1, 0.15) is 44.2 Å². The molecule has 0 heterocycles. The largest absolute Gasteiger partial charge is 0.494 e. The quantitative estimate of drug-likeness (QED) is 0.254. The minimum Gasteiger partial charge on any atom is -0.494 e. The monoisotopic (exact) mass is 447 g/mol. The van der Waals surface area contributed by atoms with Gasteiger partial charge in [0.05, 0.1) is 12.3 Å². The van der Waals surface area contributed by atoms with Crippen molar-refractivity contribution in [3.8, 4) is 17.6 Å². The summed E-state index contributed by atoms with van der Waals surface area (Å²) in [7, 11) is 0. The maximum atomic E-state index is 14.1. The lowest BCUT2D eigenvalue weighted by Crippen LogP contribution is -1.97. The average molecular weight is 448 g/mol. The van der Waals surface area contributed by atoms with Crippen molar-refractivity contribution < 1.29 is 13.5 Å². The van der Waals surface area contributed by atoms with E-state index in [1.807, 2.05) is 31.2 Å². The van der Waals surface area contributed by atoms with E-state index in [4.69, 9.17) is 4.74 Å². The van der Waals surface area contributed by atoms with Gasteiger partial charge in [-0.25, -0.2) is 8.78 Å². The van der Waals surface area contributed by atoms with Gasteiger partial charge in [0.1, 0.15) is 17.4 Å². The second-order valence-electron chi connectivity index (χ2n) is 8.16. The minimum atomic E-state index is -0.324. The summed E-state index contributed by atoms with van der Waals surface area (Å²) in [5.74, 6) is 7.22. The molecule has 0 fully saturated rings. The molecule has 0 spiro atoms. The molecule has 0 aromatic heterocycles. The first kappa shape index (κ1) is 24.3. The van der Waals surface area contributed by atoms with Crippen molar-refractivity contribution in [2.24, 2.45) is 5.92 Å². The first-order chi connectivity index (χ1) is 16.0. The first-order valence-corrected chi connectivity index (χ1v) is 11.5. The van der Waals surface area contributed by atoms with Gasteiger partial charge in [-0.15, -0.1) is 5.92 Å². The lowest BCUT2D eigenvalue weighted by atomic mass is 10.0. The molecule has 33 heavy (non-hydrogen) atoms. The van der Waals surface area contributed by atoms with Gasteiger partial charge in [-0.2, -0.15) is 0 Å². The topological polar surface area (TPSA) is 21.3 Å². The van der Waals surface area contributed by atoms with Crippen LogP contribution in [0, 0.1) is 29.4 Å². The number of hydrogen-bond acceptors (Lipinski definition) is 2. The maximum Gasteiger partial charge on any atom is 0.146 e. The van der Waals surface area contributed by atoms with Crippen molar-refractivity contribution in [3.05, 3.63) is 89.5 Å². The van der Waals surface area contributed by atoms with E-state index in [0.29, 0.717) is 23.9 Å². The lowest BCUT2D eigenvalue weighted by molar-refractivity contribution is 0.340. The summed E-state index contributed by atoms with van der Waals surface area (Å²) in [6, 6.07) is 19.2. The molecule has 0 saturated carbocycles. The van der Waals surface area contributed by atoms with Crippen molar-refractivity contribution in [1.82, 2.24) is 0 Å². The number of anilines is 2. The predicted octanol–water partition coefficient (Wildman–Crippen LogP) is 7.70. The standard InChI is InChI=1S/C29H31F2NO/c1-3-33-27-17-10-24(11-18-27)20-22(2)8-6-4-5-7-9-23-12-19-28(31)29(21-23)32-26-15-13-25(30)14-16-26/h10-19,21-22,32H,3-5,7,9,20H2,1-2H3. The predicted molar refractivity (Wildman–Crippen MR) is 132 cm³/mol. The Balaban J connectivity index is 1.41. The van der Waals surface area contributed by atoms with Crippen LogP contribution in [-0.4, -0.2) is 6.61 Å². The van der Waals surface area contributed by atoms with E-state index in [9.17, 15) is 8.78 Å². The van der Waals surface area contributed by atoms with Gasteiger partial charge in [0.2, 0.25) is 0 Å². The van der Waals surface area contributed by atoms with Crippen LogP contribution < -0.4 is 10.1 Å². The van der Waals surface area contributed by atoms with Crippen LogP contribution in [0.25, 0.3) is 0 Å². The summed E-state index contributed by atoms with van der Waals surface area (Å²) in [6.07, 6.45) is 4.64. The smallest absolute Gasteiger partial charge is 0.146 e. The molecule has 2 nitrogen and oxygen atoms in total. The SMILES string of the molecule is CCOc1ccc(CC(C)C#CCCCCc2ccc(F)c(Nc3ccc(F)cc3)c2)cc1. The number of nitrogens with one attached hydrogen (secondary N) is 1. The molecule has 0 aliphatic rings. The Morgan fingerprint density at radius 1 is 0.909 bits per heavy atom. The fourth-order valence-corrected chi connectivity index (χ4v) is 3.59. The Labute approximate surface area is 196 Å². The van der Waals surface area contributed by atoms with Gasteiger partial charge in [0.15, 0.2) is 0 Å². The van der Waals surface area contributed by atoms with Crippen LogP contribution in [0.3, 0.4) is 0 Å². The minimum absolute atomic E-state index is 0.306. The summed E-state index contributed by atoms with van der Waals surface area (Å²) < 4.78 is 32.7. The molecular formula is C29H31F2NO. The molecule has 3 aromatic rings. The van der Waals surface area contributed by atoms with E-state index in [0.717, 1.165) is 43.4 Å². The molecule has 0 aliphatic carbocycles. The second kappa shape index (κ2) is 12.6. The number of rotatable bonds is 10. The summed E-state index contributed by atoms with van der Waals surface area (Å²) in [4.78, 5) is 0. The van der Waals surface area contributed by atoms with E-state index in [-0.39, 0.29) is 11.6 Å². The number of aryl methyl sites for hydroxylation is 1. The summed E-state index contributed by atoms with van der Waals surface area (Å²) in [5, 5.41) is 3.02. The fourth-order valence-electron chi connectivity index (χ4n) is 3.59. The first-order valence-electron chi connectivity index (χ1n) is 11.5. The molecule has 3 aromatic carbocycles. The van der Waals surface area contributed by atoms with Gasteiger partial charge < -0.3 is 10.1 Å². The normalized spacial score (nSPS) is 11.4. The molecule has 0 bridgehead atoms. The number of hydrogen-bond donors (Lipinski definition) is 1. The zero-order valence-electron chi connectivity index (χ0n) is 19.3. The van der Waals surface area contributed by atoms with Gasteiger partial charge in [-0.05, 0) is 92.3 Å². The zero-order valence-corrected chi connectivity index (χ0v) is 19.3. The molecule has 0 saturated heterocycles. The number of halogens is 2. The summed E-state index contributed by atoms with van der Waals surface area (Å²) in [5.41, 5.74) is 3.39. The summed E-state index contributed by atoms with van der Waals surface area (Å²) in [6.45, 7) is 4.81. The van der Waals surface area contributed by atoms with Gasteiger partial charge in [-0.1, -0.05) is 31.0 Å². The van der Waals surface area contributed by atoms with Crippen LogP contribution >= 0.6 is 0 Å². The van der Waals surface area contributed by atoms with Gasteiger partial charge >= 0.3 is 0 Å². The highest BCUT2D eigenvalue weighted by atomic mass is 19.1. The molecule has 3 rings (SSSR count). The molecule has 0 amide bonds. The molecule has 172 valence electrons. The highest BCUT2D eigenvalue weighted by Gasteiger charge is 2.05. The van der Waals surface area contributed by atoms with Crippen LogP contribution in [-0.2, 0) is 12.8 Å². The van der Waals surface area contributed by atoms with E-state index in [1.165, 1.54) is 23.8 Å². The van der Waals surface area contributed by atoms with E-state index >= 15 is 0 Å². The van der Waals surface area contributed by atoms with E-state index < -0.39 is 0 Å². The third-order valence-electron chi connectivity index (χ3n) is 5.30. The highest BCUT2D eigenvalue weighted by Crippen LogP contribution is 2.22. The molecule has 4 heteroatoms. The van der Waals surface area contributed by atoms with Crippen molar-refractivity contribution in [1.29, 1.82) is 0 Å². The van der Waals surface area contributed by atoms with Gasteiger partial charge in [0.25, 0.3) is 0 Å². The molecule has 1 N–H and O–H groups in total. The Kier molecular flexibility index (Phi) is 9.32. The maximum absolute atomic E-state index is 14.1. The van der Waals surface area contributed by atoms with Gasteiger partial charge in [-0.3, -0.25) is 0 Å². The number of ether oxygens (including phenoxy) is 1. The van der Waals surface area contributed by atoms with Crippen molar-refractivity contribution >= 4 is 11.4 Å². The third-order valence-corrected chi connectivity index (χ3v) is 5.30. The van der Waals surface area contributed by atoms with Crippen molar-refractivity contribution in [3.63, 3.8) is 0 Å². The lowest BCUT2D eigenvalue weighted by Gasteiger charge is -2.10. The van der Waals surface area contributed by atoms with Crippen molar-refractivity contribution in [2.45, 2.75) is 46.0 Å². The summed E-state index contributed by atoms with van der Waals surface area (Å²) >= 11 is 0. The second-order valence-corrected chi connectivity index (χ2v) is 8.16. The van der Waals surface area contributed by atoms with Crippen molar-refractivity contribution in [2.75, 3.05) is 11.9 Å². The molecule has 0 aliphatic heterocycles. The van der Waals surface area contributed by atoms with Crippen LogP contribution in [0.4, 0.5) is 20.2 Å². The Bertz CT molecular complexity index is 1070. The van der Waals surface area contributed by atoms with Crippen LogP contribution in [0.5, 0.6) is 5.75 Å². The Morgan fingerprint density at radius 2 is 1.64 bits per heavy atom. The van der Waals surface area contributed by atoms with Gasteiger partial charge in [0, 0.05) is 18.0 Å². The number of unbranched alkanes of at least 4 members (excludes halogenated alkanes) is 2. The molecular weight excluding hydrogens is 416 g/mol. The van der Waals surface area contributed by atoms with E-state index in [2.05, 4.69) is 36.2 Å². The Hall–Kier alpha value is -3.32. The molecule has 1 unspecified atom stereocenters. The Morgan fingerprint density at radius 3 is 2.36 bits per heavy atom. The third kappa shape index (κ3) is 8.27. The fraction of sp³-hybridized carbons (Fsp3) is 0.310.